The monoisotopic (exact) mass is 240 g/mol. The van der Waals surface area contributed by atoms with E-state index in [4.69, 9.17) is 4.74 Å². The number of nitrogens with zero attached hydrogens (tertiary/aromatic N) is 2. The van der Waals surface area contributed by atoms with E-state index < -0.39 is 0 Å². The summed E-state index contributed by atoms with van der Waals surface area (Å²) < 4.78 is 6.32. The van der Waals surface area contributed by atoms with E-state index >= 15 is 0 Å². The van der Waals surface area contributed by atoms with Gasteiger partial charge in [0.05, 0.1) is 6.61 Å². The molecule has 0 N–H and O–H groups in total. The van der Waals surface area contributed by atoms with Crippen LogP contribution in [0, 0.1) is 5.21 Å². The lowest BCUT2D eigenvalue weighted by atomic mass is 10.2. The summed E-state index contributed by atoms with van der Waals surface area (Å²) in [7, 11) is 0. The van der Waals surface area contributed by atoms with Crippen molar-refractivity contribution in [2.24, 2.45) is 0 Å². The van der Waals surface area contributed by atoms with Gasteiger partial charge in [0.2, 0.25) is 11.0 Å². The number of fused-ring (bicyclic) bond motifs is 2. The van der Waals surface area contributed by atoms with Crippen LogP contribution in [-0.4, -0.2) is 11.6 Å². The van der Waals surface area contributed by atoms with Gasteiger partial charge in [0.1, 0.15) is 16.8 Å². The van der Waals surface area contributed by atoms with E-state index in [0.717, 1.165) is 10.5 Å². The normalized spacial score (nSPS) is 10.9. The van der Waals surface area contributed by atoms with Crippen LogP contribution in [0.4, 0.5) is 0 Å². The van der Waals surface area contributed by atoms with E-state index in [-0.39, 0.29) is 0 Å². The summed E-state index contributed by atoms with van der Waals surface area (Å²) in [5, 5.41) is 12.2. The largest absolute Gasteiger partial charge is 0.618 e. The van der Waals surface area contributed by atoms with Crippen molar-refractivity contribution in [3.8, 4) is 5.75 Å². The number of aromatic nitrogens is 2. The van der Waals surface area contributed by atoms with Gasteiger partial charge in [-0.1, -0.05) is 12.1 Å². The molecule has 0 aliphatic carbocycles. The average molecular weight is 240 g/mol. The van der Waals surface area contributed by atoms with Crippen LogP contribution < -0.4 is 9.47 Å². The van der Waals surface area contributed by atoms with Gasteiger partial charge < -0.3 is 9.94 Å². The van der Waals surface area contributed by atoms with Gasteiger partial charge in [-0.15, -0.1) is 0 Å². The predicted molar refractivity (Wildman–Crippen MR) is 69.4 cm³/mol. The molecule has 4 nitrogen and oxygen atoms in total. The molecule has 1 aromatic heterocycles. The van der Waals surface area contributed by atoms with Crippen molar-refractivity contribution in [1.29, 1.82) is 0 Å². The van der Waals surface area contributed by atoms with Gasteiger partial charge in [-0.25, -0.2) is 4.98 Å². The van der Waals surface area contributed by atoms with Crippen LogP contribution in [0.2, 0.25) is 0 Å². The molecule has 0 radical (unpaired) electrons. The highest BCUT2D eigenvalue weighted by Gasteiger charge is 2.11. The van der Waals surface area contributed by atoms with Crippen LogP contribution in [0.5, 0.6) is 5.75 Å². The maximum absolute atomic E-state index is 12.2. The Morgan fingerprint density at radius 3 is 2.72 bits per heavy atom. The Morgan fingerprint density at radius 2 is 1.89 bits per heavy atom. The molecule has 0 amide bonds. The second kappa shape index (κ2) is 4.14. The Hall–Kier alpha value is -2.36. The maximum atomic E-state index is 12.2. The first-order chi connectivity index (χ1) is 8.79. The van der Waals surface area contributed by atoms with Crippen LogP contribution in [0.3, 0.4) is 0 Å². The molecule has 0 bridgehead atoms. The summed E-state index contributed by atoms with van der Waals surface area (Å²) in [5.74, 6) is 0.729. The first-order valence-electron chi connectivity index (χ1n) is 5.84. The molecule has 0 aliphatic heterocycles. The van der Waals surface area contributed by atoms with Gasteiger partial charge >= 0.3 is 0 Å². The van der Waals surface area contributed by atoms with Crippen molar-refractivity contribution in [3.05, 3.63) is 47.7 Å². The highest BCUT2D eigenvalue weighted by Crippen LogP contribution is 2.19. The second-order valence-electron chi connectivity index (χ2n) is 3.98. The number of rotatable bonds is 2. The third-order valence-corrected chi connectivity index (χ3v) is 2.82. The molecule has 1 heterocycles. The minimum absolute atomic E-state index is 0.553. The number of benzene rings is 2. The number of para-hydroxylation sites is 2. The number of hydrogen-bond acceptors (Lipinski definition) is 3. The molecule has 4 heteroatoms. The van der Waals surface area contributed by atoms with Gasteiger partial charge in [-0.05, 0) is 19.1 Å². The van der Waals surface area contributed by atoms with Gasteiger partial charge in [0.25, 0.3) is 0 Å². The molecule has 2 aromatic carbocycles. The van der Waals surface area contributed by atoms with Crippen LogP contribution in [-0.2, 0) is 0 Å². The standard InChI is InChI=1S/C14H12N2O2/c1-2-18-10-7-8-14-12(9-10)15-11-5-3-4-6-13(11)16(14)17/h3-9H,2H2,1H3. The van der Waals surface area contributed by atoms with E-state index in [1.54, 1.807) is 24.3 Å². The van der Waals surface area contributed by atoms with Crippen molar-refractivity contribution in [2.75, 3.05) is 6.61 Å². The highest BCUT2D eigenvalue weighted by atomic mass is 16.5. The average Bonchev–Trinajstić information content (AvgIpc) is 2.39. The Bertz CT molecular complexity index is 725. The summed E-state index contributed by atoms with van der Waals surface area (Å²) in [6.07, 6.45) is 0. The number of hydrogen-bond donors (Lipinski definition) is 0. The molecule has 0 saturated heterocycles. The van der Waals surface area contributed by atoms with Crippen molar-refractivity contribution < 1.29 is 9.47 Å². The summed E-state index contributed by atoms with van der Waals surface area (Å²) in [6.45, 7) is 2.52. The first kappa shape index (κ1) is 10.8. The molecule has 90 valence electrons. The molecular weight excluding hydrogens is 228 g/mol. The lowest BCUT2D eigenvalue weighted by Gasteiger charge is -2.07. The van der Waals surface area contributed by atoms with Crippen LogP contribution in [0.25, 0.3) is 22.1 Å². The quantitative estimate of drug-likeness (QED) is 0.392. The molecular formula is C14H12N2O2. The van der Waals surface area contributed by atoms with E-state index in [1.165, 1.54) is 0 Å². The molecule has 0 fully saturated rings. The fraction of sp³-hybridized carbons (Fsp3) is 0.143. The first-order valence-corrected chi connectivity index (χ1v) is 5.84. The van der Waals surface area contributed by atoms with Gasteiger partial charge in [-0.2, -0.15) is 4.73 Å². The summed E-state index contributed by atoms with van der Waals surface area (Å²) in [4.78, 5) is 4.48. The summed E-state index contributed by atoms with van der Waals surface area (Å²) in [6, 6.07) is 12.6. The van der Waals surface area contributed by atoms with Crippen LogP contribution in [0.1, 0.15) is 6.92 Å². The van der Waals surface area contributed by atoms with Crippen molar-refractivity contribution >= 4 is 22.1 Å². The topological polar surface area (TPSA) is 49.1 Å². The predicted octanol–water partition coefficient (Wildman–Crippen LogP) is 2.42. The zero-order valence-corrected chi connectivity index (χ0v) is 9.96. The SMILES string of the molecule is CCOc1ccc2c(c1)nc1ccccc1[n+]2[O-]. The molecule has 0 aliphatic rings. The smallest absolute Gasteiger partial charge is 0.243 e. The Labute approximate surface area is 104 Å². The van der Waals surface area contributed by atoms with E-state index in [0.29, 0.717) is 28.7 Å². The lowest BCUT2D eigenvalue weighted by Crippen LogP contribution is -2.28. The molecule has 0 spiro atoms. The third kappa shape index (κ3) is 1.62. The van der Waals surface area contributed by atoms with E-state index in [2.05, 4.69) is 4.98 Å². The van der Waals surface area contributed by atoms with Gasteiger partial charge in [-0.3, -0.25) is 0 Å². The molecule has 0 atom stereocenters. The molecule has 3 aromatic rings. The van der Waals surface area contributed by atoms with Crippen molar-refractivity contribution in [2.45, 2.75) is 6.92 Å². The van der Waals surface area contributed by atoms with Crippen LogP contribution >= 0.6 is 0 Å². The molecule has 0 unspecified atom stereocenters. The molecule has 3 rings (SSSR count). The Balaban J connectivity index is 2.33. The second-order valence-corrected chi connectivity index (χ2v) is 3.98. The minimum atomic E-state index is 0.553. The van der Waals surface area contributed by atoms with Crippen molar-refractivity contribution in [3.63, 3.8) is 0 Å². The zero-order chi connectivity index (χ0) is 12.5. The molecule has 0 saturated carbocycles. The Kier molecular flexibility index (Phi) is 2.48. The van der Waals surface area contributed by atoms with E-state index in [9.17, 15) is 5.21 Å². The maximum Gasteiger partial charge on any atom is 0.243 e. The minimum Gasteiger partial charge on any atom is -0.618 e. The number of ether oxygens (including phenoxy) is 1. The Morgan fingerprint density at radius 1 is 1.11 bits per heavy atom. The van der Waals surface area contributed by atoms with Gasteiger partial charge in [0.15, 0.2) is 0 Å². The third-order valence-electron chi connectivity index (χ3n) is 2.82. The fourth-order valence-electron chi connectivity index (χ4n) is 2.01. The highest BCUT2D eigenvalue weighted by molar-refractivity contribution is 5.82. The molecule has 18 heavy (non-hydrogen) atoms. The fourth-order valence-corrected chi connectivity index (χ4v) is 2.01. The summed E-state index contributed by atoms with van der Waals surface area (Å²) >= 11 is 0. The van der Waals surface area contributed by atoms with Gasteiger partial charge in [0, 0.05) is 18.2 Å². The summed E-state index contributed by atoms with van der Waals surface area (Å²) in [5.41, 5.74) is 2.47. The zero-order valence-electron chi connectivity index (χ0n) is 9.96. The van der Waals surface area contributed by atoms with Crippen LogP contribution in [0.15, 0.2) is 42.5 Å². The van der Waals surface area contributed by atoms with Crippen molar-refractivity contribution in [1.82, 2.24) is 4.98 Å². The lowest BCUT2D eigenvalue weighted by molar-refractivity contribution is -0.548. The van der Waals surface area contributed by atoms with E-state index in [1.807, 2.05) is 25.1 Å².